The van der Waals surface area contributed by atoms with Crippen LogP contribution in [0.3, 0.4) is 0 Å². The minimum absolute atomic E-state index is 0.0854. The van der Waals surface area contributed by atoms with Gasteiger partial charge in [-0.2, -0.15) is 4.40 Å². The molecule has 0 aromatic carbocycles. The second-order valence-corrected chi connectivity index (χ2v) is 7.81. The van der Waals surface area contributed by atoms with E-state index >= 15 is 0 Å². The second kappa shape index (κ2) is 10.4. The number of imidazole rings is 1. The highest BCUT2D eigenvalue weighted by Crippen LogP contribution is 2.24. The maximum Gasteiger partial charge on any atom is 0.339 e. The quantitative estimate of drug-likeness (QED) is 0.330. The van der Waals surface area contributed by atoms with E-state index in [2.05, 4.69) is 9.97 Å². The van der Waals surface area contributed by atoms with Crippen LogP contribution in [-0.4, -0.2) is 32.0 Å². The molecule has 7 nitrogen and oxygen atoms in total. The molecule has 0 atom stereocenters. The van der Waals surface area contributed by atoms with Crippen LogP contribution in [0.5, 0.6) is 5.88 Å². The molecule has 10 heteroatoms. The van der Waals surface area contributed by atoms with Crippen molar-refractivity contribution in [1.29, 1.82) is 0 Å². The van der Waals surface area contributed by atoms with E-state index in [9.17, 15) is 14.3 Å². The zero-order valence-corrected chi connectivity index (χ0v) is 18.5. The van der Waals surface area contributed by atoms with Gasteiger partial charge >= 0.3 is 5.88 Å². The molecule has 0 radical (unpaired) electrons. The first kappa shape index (κ1) is 22.8. The van der Waals surface area contributed by atoms with E-state index in [1.54, 1.807) is 35.2 Å². The molecule has 1 N–H and O–H groups in total. The monoisotopic (exact) mass is 463 g/mol. The Labute approximate surface area is 187 Å². The molecule has 4 heterocycles. The van der Waals surface area contributed by atoms with Gasteiger partial charge in [0.05, 0.1) is 17.7 Å². The number of hydrogen-bond acceptors (Lipinski definition) is 6. The Morgan fingerprint density at radius 1 is 1.29 bits per heavy atom. The highest BCUT2D eigenvalue weighted by molar-refractivity contribution is 7.15. The van der Waals surface area contributed by atoms with Gasteiger partial charge in [0.2, 0.25) is 5.78 Å². The maximum atomic E-state index is 13.7. The molecule has 4 aromatic rings. The zero-order valence-electron chi connectivity index (χ0n) is 17.0. The first-order valence-corrected chi connectivity index (χ1v) is 10.8. The highest BCUT2D eigenvalue weighted by Gasteiger charge is 2.31. The van der Waals surface area contributed by atoms with Crippen LogP contribution < -0.4 is 4.40 Å². The number of ketones is 1. The number of ether oxygens (including phenoxy) is 1. The lowest BCUT2D eigenvalue weighted by Gasteiger charge is -2.04. The SMILES string of the molecule is CC.O=C(COCc1ncccc1F)c1c(O)[n+]2ccccc2n1Cc1cnc(Cl)s1. The van der Waals surface area contributed by atoms with Gasteiger partial charge in [0.15, 0.2) is 4.47 Å². The molecule has 4 rings (SSSR count). The molecule has 0 amide bonds. The van der Waals surface area contributed by atoms with Gasteiger partial charge in [-0.1, -0.05) is 31.5 Å². The Morgan fingerprint density at radius 2 is 2.10 bits per heavy atom. The summed E-state index contributed by atoms with van der Waals surface area (Å²) < 4.78 is 22.6. The molecule has 4 aromatic heterocycles. The van der Waals surface area contributed by atoms with Gasteiger partial charge in [-0.05, 0) is 18.2 Å². The number of hydrogen-bond donors (Lipinski definition) is 1. The molecular formula is C21H21ClFN4O3S+. The number of halogens is 2. The Kier molecular flexibility index (Phi) is 7.67. The van der Waals surface area contributed by atoms with Crippen LogP contribution >= 0.6 is 22.9 Å². The summed E-state index contributed by atoms with van der Waals surface area (Å²) in [5.74, 6) is -1.15. The number of Topliss-reactive ketones (excluding diaryl/α,β-unsaturated/α-hetero) is 1. The first-order valence-electron chi connectivity index (χ1n) is 9.57. The summed E-state index contributed by atoms with van der Waals surface area (Å²) in [6.45, 7) is 3.80. The molecule has 162 valence electrons. The van der Waals surface area contributed by atoms with Crippen molar-refractivity contribution in [1.82, 2.24) is 14.5 Å². The molecule has 0 saturated carbocycles. The van der Waals surface area contributed by atoms with Crippen molar-refractivity contribution in [3.8, 4) is 5.88 Å². The van der Waals surface area contributed by atoms with Crippen molar-refractivity contribution >= 4 is 34.4 Å². The number of rotatable bonds is 7. The minimum Gasteiger partial charge on any atom is -0.474 e. The van der Waals surface area contributed by atoms with Gasteiger partial charge < -0.3 is 9.84 Å². The third-order valence-corrected chi connectivity index (χ3v) is 5.33. The first-order chi connectivity index (χ1) is 15.0. The van der Waals surface area contributed by atoms with Gasteiger partial charge in [0.1, 0.15) is 24.7 Å². The summed E-state index contributed by atoms with van der Waals surface area (Å²) in [7, 11) is 0. The van der Waals surface area contributed by atoms with Crippen LogP contribution in [0.1, 0.15) is 34.9 Å². The Morgan fingerprint density at radius 3 is 2.81 bits per heavy atom. The van der Waals surface area contributed by atoms with Crippen LogP contribution in [-0.2, 0) is 17.9 Å². The number of pyridine rings is 2. The number of thiazole rings is 1. The summed E-state index contributed by atoms with van der Waals surface area (Å²) in [5.41, 5.74) is 0.814. The predicted octanol–water partition coefficient (Wildman–Crippen LogP) is 4.05. The van der Waals surface area contributed by atoms with E-state index in [1.807, 2.05) is 13.8 Å². The molecule has 31 heavy (non-hydrogen) atoms. The summed E-state index contributed by atoms with van der Waals surface area (Å²) in [6.07, 6.45) is 4.73. The summed E-state index contributed by atoms with van der Waals surface area (Å²) in [4.78, 5) is 21.6. The zero-order chi connectivity index (χ0) is 22.4. The van der Waals surface area contributed by atoms with Crippen molar-refractivity contribution < 1.29 is 23.4 Å². The van der Waals surface area contributed by atoms with E-state index in [4.69, 9.17) is 16.3 Å². The third-order valence-electron chi connectivity index (χ3n) is 4.23. The van der Waals surface area contributed by atoms with Crippen LogP contribution in [0.4, 0.5) is 4.39 Å². The fourth-order valence-electron chi connectivity index (χ4n) is 2.96. The Bertz CT molecular complexity index is 1190. The van der Waals surface area contributed by atoms with Gasteiger partial charge in [-0.15, -0.1) is 11.3 Å². The number of fused-ring (bicyclic) bond motifs is 1. The Hall–Kier alpha value is -2.88. The number of aromatic nitrogens is 4. The van der Waals surface area contributed by atoms with Crippen molar-refractivity contribution in [2.24, 2.45) is 0 Å². The van der Waals surface area contributed by atoms with Crippen LogP contribution in [0, 0.1) is 5.82 Å². The fraction of sp³-hybridized carbons (Fsp3) is 0.238. The molecule has 0 aliphatic rings. The standard InChI is InChI=1S/C19H14ClFN4O3S.C2H6/c20-19-23-8-12(29-19)9-25-16-5-1-2-7-24(16)18(27)17(25)15(26)11-28-10-14-13(21)4-3-6-22-14;1-2/h1-8H,9-11H2;1-2H3/p+1. The van der Waals surface area contributed by atoms with Crippen LogP contribution in [0.15, 0.2) is 48.9 Å². The second-order valence-electron chi connectivity index (χ2n) is 6.11. The van der Waals surface area contributed by atoms with Crippen molar-refractivity contribution in [3.05, 3.63) is 75.5 Å². The molecule has 0 saturated heterocycles. The maximum absolute atomic E-state index is 13.7. The topological polar surface area (TPSA) is 81.3 Å². The van der Waals surface area contributed by atoms with Crippen LogP contribution in [0.25, 0.3) is 5.65 Å². The Balaban J connectivity index is 0.00000132. The predicted molar refractivity (Wildman–Crippen MR) is 115 cm³/mol. The normalized spacial score (nSPS) is 10.7. The number of nitrogens with zero attached hydrogens (tertiary/aromatic N) is 4. The summed E-state index contributed by atoms with van der Waals surface area (Å²) in [6, 6.07) is 8.08. The fourth-order valence-corrected chi connectivity index (χ4v) is 3.93. The largest absolute Gasteiger partial charge is 0.474 e. The lowest BCUT2D eigenvalue weighted by molar-refractivity contribution is -0.521. The number of aromatic hydroxyl groups is 1. The summed E-state index contributed by atoms with van der Waals surface area (Å²) in [5, 5.41) is 10.6. The number of carbonyl (C=O) groups excluding carboxylic acids is 1. The molecule has 0 bridgehead atoms. The van der Waals surface area contributed by atoms with E-state index < -0.39 is 11.6 Å². The lowest BCUT2D eigenvalue weighted by atomic mass is 10.3. The third kappa shape index (κ3) is 5.07. The van der Waals surface area contributed by atoms with Crippen molar-refractivity contribution in [2.75, 3.05) is 6.61 Å². The van der Waals surface area contributed by atoms with Gasteiger partial charge in [0, 0.05) is 18.5 Å². The molecule has 0 aliphatic carbocycles. The van der Waals surface area contributed by atoms with E-state index in [1.165, 1.54) is 34.1 Å². The van der Waals surface area contributed by atoms with Crippen molar-refractivity contribution in [3.63, 3.8) is 0 Å². The molecule has 0 fully saturated rings. The molecule has 0 spiro atoms. The van der Waals surface area contributed by atoms with Gasteiger partial charge in [0.25, 0.3) is 11.3 Å². The smallest absolute Gasteiger partial charge is 0.339 e. The van der Waals surface area contributed by atoms with E-state index in [0.29, 0.717) is 16.7 Å². The molecular weight excluding hydrogens is 443 g/mol. The van der Waals surface area contributed by atoms with E-state index in [-0.39, 0.29) is 30.5 Å². The average Bonchev–Trinajstić information content (AvgIpc) is 3.32. The summed E-state index contributed by atoms with van der Waals surface area (Å²) >= 11 is 7.20. The molecule has 0 unspecified atom stereocenters. The lowest BCUT2D eigenvalue weighted by Crippen LogP contribution is -2.19. The highest BCUT2D eigenvalue weighted by atomic mass is 35.5. The van der Waals surface area contributed by atoms with Crippen molar-refractivity contribution in [2.45, 2.75) is 27.0 Å². The minimum atomic E-state index is -0.505. The number of carbonyl (C=O) groups is 1. The van der Waals surface area contributed by atoms with Gasteiger partial charge in [-0.25, -0.2) is 13.9 Å². The molecule has 0 aliphatic heterocycles. The van der Waals surface area contributed by atoms with Crippen LogP contribution in [0.2, 0.25) is 4.47 Å². The van der Waals surface area contributed by atoms with Gasteiger partial charge in [-0.3, -0.25) is 9.78 Å². The van der Waals surface area contributed by atoms with E-state index in [0.717, 1.165) is 4.88 Å². The average molecular weight is 464 g/mol.